The lowest BCUT2D eigenvalue weighted by Gasteiger charge is -2.07. The Morgan fingerprint density at radius 3 is 2.38 bits per heavy atom. The summed E-state index contributed by atoms with van der Waals surface area (Å²) in [4.78, 5) is 23.3. The molecule has 0 fully saturated rings. The third kappa shape index (κ3) is 5.93. The van der Waals surface area contributed by atoms with E-state index in [9.17, 15) is 9.59 Å². The van der Waals surface area contributed by atoms with Gasteiger partial charge in [0.15, 0.2) is 0 Å². The molecule has 0 spiro atoms. The molecule has 0 saturated heterocycles. The second kappa shape index (κ2) is 9.11. The number of rotatable bonds is 7. The molecule has 5 nitrogen and oxygen atoms in total. The van der Waals surface area contributed by atoms with Crippen LogP contribution in [0.1, 0.15) is 23.1 Å². The van der Waals surface area contributed by atoms with Crippen molar-refractivity contribution in [1.29, 1.82) is 5.26 Å². The lowest BCUT2D eigenvalue weighted by atomic mass is 10.1. The Bertz CT molecular complexity index is 719. The minimum absolute atomic E-state index is 0.140. The van der Waals surface area contributed by atoms with Crippen LogP contribution in [-0.4, -0.2) is 18.4 Å². The van der Waals surface area contributed by atoms with Gasteiger partial charge in [0.1, 0.15) is 13.2 Å². The number of hydrogen-bond acceptors (Lipinski definition) is 4. The number of esters is 1. The van der Waals surface area contributed by atoms with Crippen molar-refractivity contribution in [3.8, 4) is 6.07 Å². The number of amides is 1. The molecule has 0 aliphatic heterocycles. The standard InChI is InChI=1S/C19H18N2O3/c20-12-16-8-6-15(7-9-16)10-11-18(22)21-13-19(23)24-14-17-4-2-1-3-5-17/h1-9H,10-11,13-14H2,(H,21,22). The number of benzene rings is 2. The van der Waals surface area contributed by atoms with Crippen LogP contribution in [0.5, 0.6) is 0 Å². The predicted octanol–water partition coefficient (Wildman–Crippen LogP) is 2.35. The highest BCUT2D eigenvalue weighted by molar-refractivity contribution is 5.82. The number of aryl methyl sites for hydroxylation is 1. The average molecular weight is 322 g/mol. The van der Waals surface area contributed by atoms with Crippen molar-refractivity contribution in [2.45, 2.75) is 19.4 Å². The highest BCUT2D eigenvalue weighted by Gasteiger charge is 2.07. The normalized spacial score (nSPS) is 9.79. The summed E-state index contributed by atoms with van der Waals surface area (Å²) >= 11 is 0. The van der Waals surface area contributed by atoms with Gasteiger partial charge in [0.25, 0.3) is 0 Å². The molecule has 1 amide bonds. The Kier molecular flexibility index (Phi) is 6.54. The molecule has 2 aromatic carbocycles. The summed E-state index contributed by atoms with van der Waals surface area (Å²) < 4.78 is 5.08. The van der Waals surface area contributed by atoms with Crippen molar-refractivity contribution in [2.24, 2.45) is 0 Å². The Morgan fingerprint density at radius 2 is 1.71 bits per heavy atom. The first-order valence-electron chi connectivity index (χ1n) is 7.62. The molecule has 0 saturated carbocycles. The summed E-state index contributed by atoms with van der Waals surface area (Å²) in [5.41, 5.74) is 2.46. The molecule has 24 heavy (non-hydrogen) atoms. The Labute approximate surface area is 140 Å². The molecule has 0 atom stereocenters. The maximum absolute atomic E-state index is 11.7. The van der Waals surface area contributed by atoms with Crippen LogP contribution in [-0.2, 0) is 27.4 Å². The van der Waals surface area contributed by atoms with Gasteiger partial charge in [0.05, 0.1) is 11.6 Å². The highest BCUT2D eigenvalue weighted by atomic mass is 16.5. The van der Waals surface area contributed by atoms with Crippen LogP contribution >= 0.6 is 0 Å². The van der Waals surface area contributed by atoms with Gasteiger partial charge in [0.2, 0.25) is 5.91 Å². The molecule has 0 unspecified atom stereocenters. The van der Waals surface area contributed by atoms with E-state index in [4.69, 9.17) is 10.00 Å². The largest absolute Gasteiger partial charge is 0.460 e. The van der Waals surface area contributed by atoms with Gasteiger partial charge in [0, 0.05) is 6.42 Å². The fourth-order valence-electron chi connectivity index (χ4n) is 2.05. The van der Waals surface area contributed by atoms with Gasteiger partial charge in [-0.05, 0) is 29.7 Å². The number of nitrogens with one attached hydrogen (secondary N) is 1. The van der Waals surface area contributed by atoms with E-state index in [0.717, 1.165) is 11.1 Å². The number of nitrogens with zero attached hydrogens (tertiary/aromatic N) is 1. The van der Waals surface area contributed by atoms with Crippen molar-refractivity contribution in [2.75, 3.05) is 6.54 Å². The molecule has 122 valence electrons. The third-order valence-electron chi connectivity index (χ3n) is 3.40. The number of carbonyl (C=O) groups is 2. The predicted molar refractivity (Wildman–Crippen MR) is 88.7 cm³/mol. The Balaban J connectivity index is 1.65. The summed E-state index contributed by atoms with van der Waals surface area (Å²) in [5.74, 6) is -0.679. The third-order valence-corrected chi connectivity index (χ3v) is 3.40. The SMILES string of the molecule is N#Cc1ccc(CCC(=O)NCC(=O)OCc2ccccc2)cc1. The molecule has 2 rings (SSSR count). The zero-order valence-electron chi connectivity index (χ0n) is 13.2. The number of hydrogen-bond donors (Lipinski definition) is 1. The van der Waals surface area contributed by atoms with E-state index in [1.165, 1.54) is 0 Å². The van der Waals surface area contributed by atoms with Gasteiger partial charge < -0.3 is 10.1 Å². The van der Waals surface area contributed by atoms with E-state index in [-0.39, 0.29) is 25.5 Å². The lowest BCUT2D eigenvalue weighted by molar-refractivity contribution is -0.145. The molecule has 1 N–H and O–H groups in total. The zero-order chi connectivity index (χ0) is 17.2. The van der Waals surface area contributed by atoms with E-state index in [1.54, 1.807) is 12.1 Å². The first-order chi connectivity index (χ1) is 11.7. The molecule has 0 aliphatic rings. The first-order valence-corrected chi connectivity index (χ1v) is 7.62. The van der Waals surface area contributed by atoms with E-state index in [0.29, 0.717) is 12.0 Å². The second-order valence-corrected chi connectivity index (χ2v) is 5.23. The van der Waals surface area contributed by atoms with Crippen molar-refractivity contribution in [3.05, 3.63) is 71.3 Å². The van der Waals surface area contributed by atoms with Crippen LogP contribution in [0.15, 0.2) is 54.6 Å². The molecule has 0 bridgehead atoms. The quantitative estimate of drug-likeness (QED) is 0.794. The molecule has 0 aliphatic carbocycles. The van der Waals surface area contributed by atoms with E-state index >= 15 is 0 Å². The number of ether oxygens (including phenoxy) is 1. The van der Waals surface area contributed by atoms with Crippen molar-refractivity contribution >= 4 is 11.9 Å². The highest BCUT2D eigenvalue weighted by Crippen LogP contribution is 2.06. The maximum atomic E-state index is 11.7. The fraction of sp³-hybridized carbons (Fsp3) is 0.211. The van der Waals surface area contributed by atoms with Gasteiger partial charge in [-0.1, -0.05) is 42.5 Å². The number of nitriles is 1. The lowest BCUT2D eigenvalue weighted by Crippen LogP contribution is -2.30. The van der Waals surface area contributed by atoms with Crippen molar-refractivity contribution in [1.82, 2.24) is 5.32 Å². The monoisotopic (exact) mass is 322 g/mol. The summed E-state index contributed by atoms with van der Waals surface area (Å²) in [6.45, 7) is 0.0554. The van der Waals surface area contributed by atoms with Gasteiger partial charge in [-0.25, -0.2) is 0 Å². The van der Waals surface area contributed by atoms with Crippen LogP contribution in [0.2, 0.25) is 0 Å². The fourth-order valence-corrected chi connectivity index (χ4v) is 2.05. The van der Waals surface area contributed by atoms with Crippen LogP contribution in [0, 0.1) is 11.3 Å². The van der Waals surface area contributed by atoms with Crippen LogP contribution < -0.4 is 5.32 Å². The molecular formula is C19H18N2O3. The molecule has 0 heterocycles. The van der Waals surface area contributed by atoms with Crippen LogP contribution in [0.25, 0.3) is 0 Å². The Hall–Kier alpha value is -3.13. The van der Waals surface area contributed by atoms with Gasteiger partial charge in [-0.15, -0.1) is 0 Å². The topological polar surface area (TPSA) is 79.2 Å². The van der Waals surface area contributed by atoms with E-state index < -0.39 is 5.97 Å². The average Bonchev–Trinajstić information content (AvgIpc) is 2.64. The second-order valence-electron chi connectivity index (χ2n) is 5.23. The van der Waals surface area contributed by atoms with E-state index in [2.05, 4.69) is 5.32 Å². The minimum atomic E-state index is -0.467. The van der Waals surface area contributed by atoms with Gasteiger partial charge in [-0.3, -0.25) is 9.59 Å². The van der Waals surface area contributed by atoms with Crippen molar-refractivity contribution < 1.29 is 14.3 Å². The molecule has 0 radical (unpaired) electrons. The van der Waals surface area contributed by atoms with Gasteiger partial charge in [-0.2, -0.15) is 5.26 Å². The molecular weight excluding hydrogens is 304 g/mol. The van der Waals surface area contributed by atoms with E-state index in [1.807, 2.05) is 48.5 Å². The summed E-state index contributed by atoms with van der Waals surface area (Å²) in [6, 6.07) is 18.5. The maximum Gasteiger partial charge on any atom is 0.325 e. The summed E-state index contributed by atoms with van der Waals surface area (Å²) in [5, 5.41) is 11.3. The zero-order valence-corrected chi connectivity index (χ0v) is 13.2. The number of carbonyl (C=O) groups excluding carboxylic acids is 2. The van der Waals surface area contributed by atoms with Crippen molar-refractivity contribution in [3.63, 3.8) is 0 Å². The van der Waals surface area contributed by atoms with Crippen LogP contribution in [0.4, 0.5) is 0 Å². The smallest absolute Gasteiger partial charge is 0.325 e. The molecule has 0 aromatic heterocycles. The molecule has 2 aromatic rings. The Morgan fingerprint density at radius 1 is 1.00 bits per heavy atom. The summed E-state index contributed by atoms with van der Waals surface area (Å²) in [6.07, 6.45) is 0.828. The first kappa shape index (κ1) is 17.2. The summed E-state index contributed by atoms with van der Waals surface area (Å²) in [7, 11) is 0. The van der Waals surface area contributed by atoms with Gasteiger partial charge >= 0.3 is 5.97 Å². The minimum Gasteiger partial charge on any atom is -0.460 e. The molecule has 5 heteroatoms. The van der Waals surface area contributed by atoms with Crippen LogP contribution in [0.3, 0.4) is 0 Å².